The maximum atomic E-state index is 13.1. The summed E-state index contributed by atoms with van der Waals surface area (Å²) in [5, 5.41) is 8.17. The molecule has 5 rings (SSSR count). The van der Waals surface area contributed by atoms with Gasteiger partial charge in [0.1, 0.15) is 19.0 Å². The number of amides is 3. The van der Waals surface area contributed by atoms with Crippen LogP contribution < -0.4 is 20.7 Å². The number of ether oxygens (including phenoxy) is 3. The molecule has 1 aliphatic rings. The fourth-order valence-electron chi connectivity index (χ4n) is 6.49. The Hall–Kier alpha value is -7.01. The van der Waals surface area contributed by atoms with E-state index in [1.807, 2.05) is 31.2 Å². The summed E-state index contributed by atoms with van der Waals surface area (Å²) in [5.74, 6) is -0.546. The van der Waals surface area contributed by atoms with Crippen molar-refractivity contribution in [1.82, 2.24) is 10.3 Å². The lowest BCUT2D eigenvalue weighted by Crippen LogP contribution is -2.23. The van der Waals surface area contributed by atoms with E-state index in [2.05, 4.69) is 60.8 Å². The number of anilines is 2. The van der Waals surface area contributed by atoms with Crippen LogP contribution in [0, 0.1) is 5.41 Å². The van der Waals surface area contributed by atoms with Gasteiger partial charge >= 0.3 is 18.2 Å². The number of aromatic nitrogens is 1. The highest BCUT2D eigenvalue weighted by atomic mass is 16.6. The number of allylic oxidation sites excluding steroid dienone is 9. The molecule has 0 saturated heterocycles. The number of nitrogens with zero attached hydrogens (tertiary/aromatic N) is 1. The van der Waals surface area contributed by atoms with Crippen molar-refractivity contribution < 1.29 is 33.4 Å². The van der Waals surface area contributed by atoms with Gasteiger partial charge in [0.2, 0.25) is 0 Å². The predicted octanol–water partition coefficient (Wildman–Crippen LogP) is 10.9. The molecule has 0 atom stereocenters. The summed E-state index contributed by atoms with van der Waals surface area (Å²) in [4.78, 5) is 54.4. The fourth-order valence-corrected chi connectivity index (χ4v) is 6.49. The van der Waals surface area contributed by atoms with Crippen molar-refractivity contribution in [1.29, 1.82) is 0 Å². The number of para-hydroxylation sites is 2. The molecule has 0 fully saturated rings. The van der Waals surface area contributed by atoms with Gasteiger partial charge in [-0.3, -0.25) is 15.1 Å². The summed E-state index contributed by atoms with van der Waals surface area (Å²) in [6.07, 6.45) is 17.2. The van der Waals surface area contributed by atoms with E-state index >= 15 is 0 Å². The van der Waals surface area contributed by atoms with Crippen LogP contribution in [0.25, 0.3) is 0 Å². The first-order chi connectivity index (χ1) is 28.8. The first kappa shape index (κ1) is 44.1. The Bertz CT molecular complexity index is 2290. The van der Waals surface area contributed by atoms with Crippen LogP contribution >= 0.6 is 0 Å². The van der Waals surface area contributed by atoms with Crippen molar-refractivity contribution in [2.24, 2.45) is 5.41 Å². The van der Waals surface area contributed by atoms with E-state index in [0.717, 1.165) is 28.7 Å². The molecule has 11 nitrogen and oxygen atoms in total. The Morgan fingerprint density at radius 3 is 2.15 bits per heavy atom. The summed E-state index contributed by atoms with van der Waals surface area (Å²) in [7, 11) is 0. The van der Waals surface area contributed by atoms with Gasteiger partial charge in [-0.05, 0) is 110 Å². The molecule has 0 aliphatic heterocycles. The van der Waals surface area contributed by atoms with Gasteiger partial charge in [-0.15, -0.1) is 0 Å². The second kappa shape index (κ2) is 21.7. The van der Waals surface area contributed by atoms with Crippen molar-refractivity contribution in [3.63, 3.8) is 0 Å². The van der Waals surface area contributed by atoms with Gasteiger partial charge in [0.05, 0.1) is 11.4 Å². The van der Waals surface area contributed by atoms with E-state index in [-0.39, 0.29) is 25.2 Å². The van der Waals surface area contributed by atoms with Crippen molar-refractivity contribution in [2.45, 2.75) is 73.6 Å². The van der Waals surface area contributed by atoms with E-state index in [9.17, 15) is 19.2 Å². The predicted molar refractivity (Wildman–Crippen MR) is 234 cm³/mol. The SMILES string of the molecule is CC1=C(/C=C/C(C)=C/C=C/C(C)=C/C(=O)Oc2ccc(COC(=O)Nc3ccccc3NC(=O)c3ccc(CNC(=O)OCc4cccnc4)cc3)cc2)C(C)(C)CCC1. The van der Waals surface area contributed by atoms with Crippen LogP contribution in [-0.2, 0) is 34.0 Å². The lowest BCUT2D eigenvalue weighted by molar-refractivity contribution is -0.129. The van der Waals surface area contributed by atoms with Gasteiger partial charge < -0.3 is 24.8 Å². The van der Waals surface area contributed by atoms with Crippen molar-refractivity contribution in [2.75, 3.05) is 10.6 Å². The Morgan fingerprint density at radius 1 is 0.767 bits per heavy atom. The third-order valence-electron chi connectivity index (χ3n) is 9.79. The van der Waals surface area contributed by atoms with Gasteiger partial charge in [-0.2, -0.15) is 0 Å². The normalized spacial score (nSPS) is 14.2. The Balaban J connectivity index is 1.04. The zero-order chi connectivity index (χ0) is 42.9. The number of rotatable bonds is 15. The molecule has 1 heterocycles. The summed E-state index contributed by atoms with van der Waals surface area (Å²) in [6.45, 7) is 11.0. The van der Waals surface area contributed by atoms with Crippen molar-refractivity contribution in [3.05, 3.63) is 178 Å². The van der Waals surface area contributed by atoms with Gasteiger partial charge in [-0.1, -0.05) is 97.8 Å². The zero-order valence-electron chi connectivity index (χ0n) is 34.7. The number of alkyl carbamates (subject to hydrolysis) is 1. The second-order valence-electron chi connectivity index (χ2n) is 15.2. The van der Waals surface area contributed by atoms with Crippen LogP contribution in [0.2, 0.25) is 0 Å². The van der Waals surface area contributed by atoms with Gasteiger partial charge in [0, 0.05) is 36.1 Å². The fraction of sp³-hybridized carbons (Fsp3) is 0.245. The summed E-state index contributed by atoms with van der Waals surface area (Å²) >= 11 is 0. The number of pyridine rings is 1. The van der Waals surface area contributed by atoms with Crippen LogP contribution in [0.5, 0.6) is 5.75 Å². The first-order valence-electron chi connectivity index (χ1n) is 19.8. The second-order valence-corrected chi connectivity index (χ2v) is 15.2. The van der Waals surface area contributed by atoms with Crippen molar-refractivity contribution >= 4 is 35.4 Å². The van der Waals surface area contributed by atoms with Crippen LogP contribution in [0.3, 0.4) is 0 Å². The average Bonchev–Trinajstić information content (AvgIpc) is 3.22. The quantitative estimate of drug-likeness (QED) is 0.0466. The standard InChI is InChI=1S/C49H52N4O7/c1-34(17-26-42-36(3)13-9-27-49(42,4)5)11-8-12-35(2)29-45(54)60-41-24-20-38(21-25-41)32-59-48(57)53-44-16-7-6-15-43(44)52-46(55)40-22-18-37(19-23-40)31-51-47(56)58-33-39-14-10-28-50-30-39/h6-8,10-12,14-26,28-30H,9,13,27,31-33H2,1-5H3,(H,51,56)(H,52,55)(H,53,57)/b12-8+,26-17+,34-11+,35-29+. The molecule has 4 aromatic rings. The molecule has 0 spiro atoms. The van der Waals surface area contributed by atoms with Crippen LogP contribution in [0.4, 0.5) is 21.0 Å². The highest BCUT2D eigenvalue weighted by Gasteiger charge is 2.26. The van der Waals surface area contributed by atoms with E-state index in [1.165, 1.54) is 30.1 Å². The molecule has 3 aromatic carbocycles. The molecular formula is C49H52N4O7. The van der Waals surface area contributed by atoms with Crippen LogP contribution in [0.1, 0.15) is 80.9 Å². The Labute approximate surface area is 351 Å². The molecule has 3 amide bonds. The molecule has 1 aliphatic carbocycles. The third-order valence-corrected chi connectivity index (χ3v) is 9.79. The number of carbonyl (C=O) groups is 4. The molecule has 0 bridgehead atoms. The van der Waals surface area contributed by atoms with Crippen molar-refractivity contribution in [3.8, 4) is 5.75 Å². The molecular weight excluding hydrogens is 757 g/mol. The lowest BCUT2D eigenvalue weighted by Gasteiger charge is -2.32. The number of carbonyl (C=O) groups excluding carboxylic acids is 4. The summed E-state index contributed by atoms with van der Waals surface area (Å²) in [6, 6.07) is 23.7. The van der Waals surface area contributed by atoms with Crippen LogP contribution in [0.15, 0.2) is 156 Å². The molecule has 3 N–H and O–H groups in total. The topological polar surface area (TPSA) is 145 Å². The largest absolute Gasteiger partial charge is 0.445 e. The minimum Gasteiger partial charge on any atom is -0.445 e. The minimum atomic E-state index is -0.724. The van der Waals surface area contributed by atoms with Gasteiger partial charge in [0.15, 0.2) is 0 Å². The zero-order valence-corrected chi connectivity index (χ0v) is 34.7. The number of esters is 1. The van der Waals surface area contributed by atoms with Crippen LogP contribution in [-0.4, -0.2) is 29.0 Å². The first-order valence-corrected chi connectivity index (χ1v) is 19.8. The average molecular weight is 809 g/mol. The summed E-state index contributed by atoms with van der Waals surface area (Å²) in [5.41, 5.74) is 8.25. The minimum absolute atomic E-state index is 0.0427. The number of benzene rings is 3. The lowest BCUT2D eigenvalue weighted by atomic mass is 9.72. The molecule has 0 unspecified atom stereocenters. The van der Waals surface area contributed by atoms with Gasteiger partial charge in [0.25, 0.3) is 5.91 Å². The highest BCUT2D eigenvalue weighted by Crippen LogP contribution is 2.40. The van der Waals surface area contributed by atoms with E-state index < -0.39 is 24.1 Å². The molecule has 11 heteroatoms. The smallest absolute Gasteiger partial charge is 0.412 e. The molecule has 0 radical (unpaired) electrons. The highest BCUT2D eigenvalue weighted by molar-refractivity contribution is 6.06. The monoisotopic (exact) mass is 808 g/mol. The number of hydrogen-bond donors (Lipinski definition) is 3. The van der Waals surface area contributed by atoms with E-state index in [1.54, 1.807) is 91.3 Å². The number of hydrogen-bond acceptors (Lipinski definition) is 8. The Kier molecular flexibility index (Phi) is 15.9. The van der Waals surface area contributed by atoms with E-state index in [4.69, 9.17) is 14.2 Å². The molecule has 0 saturated carbocycles. The van der Waals surface area contributed by atoms with Gasteiger partial charge in [-0.25, -0.2) is 14.4 Å². The molecule has 60 heavy (non-hydrogen) atoms. The maximum Gasteiger partial charge on any atom is 0.412 e. The maximum absolute atomic E-state index is 13.1. The molecule has 1 aromatic heterocycles. The molecule has 310 valence electrons. The van der Waals surface area contributed by atoms with E-state index in [0.29, 0.717) is 28.3 Å². The number of nitrogens with one attached hydrogen (secondary N) is 3. The third kappa shape index (κ3) is 14.1. The summed E-state index contributed by atoms with van der Waals surface area (Å²) < 4.78 is 16.1. The Morgan fingerprint density at radius 2 is 1.45 bits per heavy atom.